The number of carbonyl (C=O) groups excluding carboxylic acids is 2. The van der Waals surface area contributed by atoms with Crippen molar-refractivity contribution in [3.63, 3.8) is 0 Å². The van der Waals surface area contributed by atoms with Crippen LogP contribution in [0.3, 0.4) is 0 Å². The maximum Gasteiger partial charge on any atom is 2.00 e. The van der Waals surface area contributed by atoms with Crippen LogP contribution < -0.4 is 22.1 Å². The van der Waals surface area contributed by atoms with E-state index in [1.807, 2.05) is 6.07 Å². The van der Waals surface area contributed by atoms with Gasteiger partial charge in [-0.15, -0.1) is 17.2 Å². The molecule has 0 aromatic heterocycles. The molecule has 10 nitrogen and oxygen atoms in total. The zero-order valence-electron chi connectivity index (χ0n) is 23.2. The molecule has 3 aromatic rings. The first-order valence-corrected chi connectivity index (χ1v) is 12.5. The smallest absolute Gasteiger partial charge is 0.510 e. The molecule has 3 aromatic carbocycles. The summed E-state index contributed by atoms with van der Waals surface area (Å²) in [5, 5.41) is 23.0. The molecule has 0 aliphatic rings. The Balaban J connectivity index is 0.000000714. The second-order valence-corrected chi connectivity index (χ2v) is 8.64. The Hall–Kier alpha value is -4.61. The van der Waals surface area contributed by atoms with Gasteiger partial charge in [-0.1, -0.05) is 38.3 Å². The van der Waals surface area contributed by atoms with Gasteiger partial charge in [-0.3, -0.25) is 9.59 Å². The average molecular weight is 601 g/mol. The number of aliphatic hydroxyl groups is 1. The normalized spacial score (nSPS) is 11.5. The van der Waals surface area contributed by atoms with Crippen molar-refractivity contribution in [2.45, 2.75) is 27.2 Å². The minimum absolute atomic E-state index is 0. The number of hydrogen-bond donors (Lipinski definition) is 5. The van der Waals surface area contributed by atoms with Gasteiger partial charge < -0.3 is 34.1 Å². The molecule has 7 N–H and O–H groups in total. The van der Waals surface area contributed by atoms with Gasteiger partial charge in [-0.05, 0) is 49.4 Å². The zero-order valence-corrected chi connectivity index (χ0v) is 24.2. The Morgan fingerprint density at radius 2 is 1.54 bits per heavy atom. The van der Waals surface area contributed by atoms with Crippen LogP contribution in [-0.2, 0) is 26.4 Å². The van der Waals surface area contributed by atoms with Gasteiger partial charge in [0.05, 0.1) is 11.4 Å². The van der Waals surface area contributed by atoms with E-state index in [4.69, 9.17) is 11.5 Å². The van der Waals surface area contributed by atoms with Gasteiger partial charge in [0.2, 0.25) is 0 Å². The molecule has 0 saturated carbocycles. The molecule has 41 heavy (non-hydrogen) atoms. The number of aliphatic imine (C=N–C) groups is 1. The largest absolute Gasteiger partial charge is 2.00 e. The number of hydrogen-bond acceptors (Lipinski definition) is 6. The van der Waals surface area contributed by atoms with Crippen molar-refractivity contribution in [3.05, 3.63) is 109 Å². The predicted molar refractivity (Wildman–Crippen MR) is 160 cm³/mol. The standard InChI is InChI=1S/C21H24N7O3.C9H11.Co/c1-12(2)19(30)24-16-5-4-6-17(11-16)25-20(31)18(13(3)29)28-27-15-9-7-14(8-10-15)26-21(22)23;1-2-6-9-7-4-3-5-8-9;/h4-12,29H,1H2,2-3H3,(H,24,30)(H,25,31)(H4,22,23,26);3-8H,2H2,1H3;/q2*-1;+2. The van der Waals surface area contributed by atoms with Crippen LogP contribution in [0, 0.1) is 19.3 Å². The molecule has 0 bridgehead atoms. The molecule has 2 amide bonds. The van der Waals surface area contributed by atoms with Crippen LogP contribution in [0.5, 0.6) is 0 Å². The van der Waals surface area contributed by atoms with Crippen molar-refractivity contribution in [2.24, 2.45) is 32.6 Å². The van der Waals surface area contributed by atoms with Crippen LogP contribution in [0.15, 0.2) is 106 Å². The molecule has 1 radical (unpaired) electrons. The summed E-state index contributed by atoms with van der Waals surface area (Å²) in [4.78, 5) is 28.2. The summed E-state index contributed by atoms with van der Waals surface area (Å²) in [5.41, 5.74) is 13.5. The van der Waals surface area contributed by atoms with Crippen LogP contribution in [0.25, 0.3) is 0 Å². The van der Waals surface area contributed by atoms with Crippen molar-refractivity contribution in [2.75, 3.05) is 10.6 Å². The average Bonchev–Trinajstić information content (AvgIpc) is 2.90. The number of aliphatic hydroxyl groups excluding tert-OH is 1. The van der Waals surface area contributed by atoms with Crippen LogP contribution in [-0.4, -0.2) is 22.9 Å². The Morgan fingerprint density at radius 1 is 0.951 bits per heavy atom. The van der Waals surface area contributed by atoms with Crippen LogP contribution in [0.1, 0.15) is 32.8 Å². The van der Waals surface area contributed by atoms with Gasteiger partial charge in [-0.2, -0.15) is 29.2 Å². The first-order valence-electron chi connectivity index (χ1n) is 12.5. The third kappa shape index (κ3) is 12.9. The number of azo groups is 1. The maximum atomic E-state index is 12.6. The van der Waals surface area contributed by atoms with E-state index in [9.17, 15) is 14.7 Å². The molecule has 11 heteroatoms. The molecule has 1 atom stereocenters. The number of guanidine groups is 1. The Labute approximate surface area is 251 Å². The van der Waals surface area contributed by atoms with Gasteiger partial charge in [0.1, 0.15) is 5.76 Å². The summed E-state index contributed by atoms with van der Waals surface area (Å²) in [6.45, 7) is 8.79. The topological polar surface area (TPSA) is 168 Å². The van der Waals surface area contributed by atoms with Crippen molar-refractivity contribution >= 4 is 40.5 Å². The summed E-state index contributed by atoms with van der Waals surface area (Å²) in [6, 6.07) is 23.4. The number of anilines is 2. The summed E-state index contributed by atoms with van der Waals surface area (Å²) in [7, 11) is 0. The van der Waals surface area contributed by atoms with Crippen molar-refractivity contribution in [3.8, 4) is 0 Å². The number of benzene rings is 3. The second kappa shape index (κ2) is 17.9. The van der Waals surface area contributed by atoms with E-state index in [2.05, 4.69) is 70.4 Å². The minimum Gasteiger partial charge on any atom is -0.510 e. The number of nitrogens with one attached hydrogen (secondary N) is 2. The molecule has 0 heterocycles. The second-order valence-electron chi connectivity index (χ2n) is 8.64. The molecule has 0 spiro atoms. The van der Waals surface area contributed by atoms with E-state index in [-0.39, 0.29) is 40.1 Å². The van der Waals surface area contributed by atoms with Gasteiger partial charge in [0.25, 0.3) is 5.91 Å². The Bertz CT molecular complexity index is 1350. The molecule has 1 unspecified atom stereocenters. The Morgan fingerprint density at radius 3 is 2.07 bits per heavy atom. The van der Waals surface area contributed by atoms with Crippen molar-refractivity contribution < 1.29 is 31.5 Å². The number of nitrogens with two attached hydrogens (primary N) is 2. The number of rotatable bonds is 9. The third-order valence-electron chi connectivity index (χ3n) is 5.01. The van der Waals surface area contributed by atoms with E-state index in [0.717, 1.165) is 6.42 Å². The number of amides is 2. The fourth-order valence-electron chi connectivity index (χ4n) is 3.09. The fourth-order valence-corrected chi connectivity index (χ4v) is 3.09. The molecule has 3 rings (SSSR count). The third-order valence-corrected chi connectivity index (χ3v) is 5.01. The number of allylic oxidation sites excluding steroid dienone is 1. The maximum absolute atomic E-state index is 12.6. The van der Waals surface area contributed by atoms with Crippen molar-refractivity contribution in [1.29, 1.82) is 0 Å². The van der Waals surface area contributed by atoms with Gasteiger partial charge >= 0.3 is 16.8 Å². The van der Waals surface area contributed by atoms with Gasteiger partial charge in [0.15, 0.2) is 17.6 Å². The number of nitrogens with zero attached hydrogens (tertiary/aromatic N) is 3. The van der Waals surface area contributed by atoms with E-state index in [0.29, 0.717) is 22.7 Å². The first-order chi connectivity index (χ1) is 19.1. The molecule has 0 fully saturated rings. The predicted octanol–water partition coefficient (Wildman–Crippen LogP) is 6.16. The van der Waals surface area contributed by atoms with Crippen LogP contribution in [0.2, 0.25) is 0 Å². The fraction of sp³-hybridized carbons (Fsp3) is 0.167. The van der Waals surface area contributed by atoms with E-state index in [1.54, 1.807) is 55.5 Å². The molecular weight excluding hydrogens is 565 g/mol. The monoisotopic (exact) mass is 600 g/mol. The van der Waals surface area contributed by atoms with Crippen LogP contribution >= 0.6 is 0 Å². The minimum atomic E-state index is -0.671. The van der Waals surface area contributed by atoms with E-state index < -0.39 is 11.8 Å². The summed E-state index contributed by atoms with van der Waals surface area (Å²) in [6.07, 6.45) is 3.32. The molecule has 0 aliphatic carbocycles. The molecule has 217 valence electrons. The number of carbonyl (C=O) groups is 2. The van der Waals surface area contributed by atoms with Crippen LogP contribution in [0.4, 0.5) is 22.7 Å². The van der Waals surface area contributed by atoms with E-state index >= 15 is 0 Å². The van der Waals surface area contributed by atoms with Gasteiger partial charge in [-0.25, -0.2) is 4.99 Å². The van der Waals surface area contributed by atoms with Crippen molar-refractivity contribution in [1.82, 2.24) is 0 Å². The Kier molecular flexibility index (Phi) is 15.0. The molecular formula is C30H35CoN7O3. The zero-order chi connectivity index (χ0) is 29.5. The summed E-state index contributed by atoms with van der Waals surface area (Å²) < 4.78 is 0. The summed E-state index contributed by atoms with van der Waals surface area (Å²) in [5.74, 6) is -1.74. The van der Waals surface area contributed by atoms with Gasteiger partial charge in [0, 0.05) is 11.4 Å². The first kappa shape index (κ1) is 34.4. The molecule has 0 saturated heterocycles. The SMILES string of the molecule is CC[CH-]c1ccccc1.[CH2-]C(C)C(=O)Nc1cccc(NC(=O)C(N=Nc2ccc(N=C(N)N)cc2)=C(C)O)c1.[Co+2]. The molecule has 0 aliphatic heterocycles. The van der Waals surface area contributed by atoms with E-state index in [1.165, 1.54) is 12.5 Å². The quantitative estimate of drug-likeness (QED) is 0.0494. The summed E-state index contributed by atoms with van der Waals surface area (Å²) >= 11 is 0.